The van der Waals surface area contributed by atoms with Gasteiger partial charge in [-0.3, -0.25) is 9.48 Å². The van der Waals surface area contributed by atoms with E-state index in [0.29, 0.717) is 23.0 Å². The molecule has 16 heavy (non-hydrogen) atoms. The van der Waals surface area contributed by atoms with Gasteiger partial charge in [0.15, 0.2) is 0 Å². The first-order valence-electron chi connectivity index (χ1n) is 4.87. The van der Waals surface area contributed by atoms with E-state index < -0.39 is 0 Å². The highest BCUT2D eigenvalue weighted by Gasteiger charge is 2.11. The molecule has 0 fully saturated rings. The van der Waals surface area contributed by atoms with Gasteiger partial charge in [-0.1, -0.05) is 0 Å². The van der Waals surface area contributed by atoms with Crippen molar-refractivity contribution < 1.29 is 9.18 Å². The summed E-state index contributed by atoms with van der Waals surface area (Å²) in [6, 6.07) is 4.29. The van der Waals surface area contributed by atoms with E-state index in [1.165, 1.54) is 18.2 Å². The number of rotatable bonds is 2. The van der Waals surface area contributed by atoms with Crippen molar-refractivity contribution in [1.29, 1.82) is 0 Å². The van der Waals surface area contributed by atoms with Crippen molar-refractivity contribution >= 4 is 6.29 Å². The molecule has 2 rings (SSSR count). The maximum atomic E-state index is 13.6. The van der Waals surface area contributed by atoms with Crippen LogP contribution >= 0.6 is 0 Å². The number of hydrogen-bond donors (Lipinski definition) is 0. The molecule has 0 amide bonds. The Bertz CT molecular complexity index is 546. The van der Waals surface area contributed by atoms with Crippen LogP contribution in [0.1, 0.15) is 16.1 Å². The number of aryl methyl sites for hydroxylation is 2. The first-order valence-corrected chi connectivity index (χ1v) is 4.87. The highest BCUT2D eigenvalue weighted by molar-refractivity contribution is 5.79. The van der Waals surface area contributed by atoms with Gasteiger partial charge in [-0.05, 0) is 25.1 Å². The van der Waals surface area contributed by atoms with Gasteiger partial charge in [-0.15, -0.1) is 0 Å². The molecule has 4 heteroatoms. The monoisotopic (exact) mass is 218 g/mol. The van der Waals surface area contributed by atoms with Gasteiger partial charge >= 0.3 is 0 Å². The van der Waals surface area contributed by atoms with E-state index in [9.17, 15) is 9.18 Å². The minimum atomic E-state index is -0.346. The lowest BCUT2D eigenvalue weighted by atomic mass is 10.0. The maximum absolute atomic E-state index is 13.6. The summed E-state index contributed by atoms with van der Waals surface area (Å²) in [5.41, 5.74) is 2.32. The minimum Gasteiger partial charge on any atom is -0.298 e. The van der Waals surface area contributed by atoms with E-state index in [-0.39, 0.29) is 5.82 Å². The molecule has 0 atom stereocenters. The molecule has 0 bridgehead atoms. The normalized spacial score (nSPS) is 10.4. The Morgan fingerprint density at radius 2 is 2.12 bits per heavy atom. The summed E-state index contributed by atoms with van der Waals surface area (Å²) in [4.78, 5) is 10.6. The van der Waals surface area contributed by atoms with Crippen LogP contribution in [0.25, 0.3) is 11.1 Å². The minimum absolute atomic E-state index is 0.346. The quantitative estimate of drug-likeness (QED) is 0.725. The second-order valence-electron chi connectivity index (χ2n) is 3.66. The molecular weight excluding hydrogens is 207 g/mol. The Kier molecular flexibility index (Phi) is 2.56. The molecule has 2 aromatic rings. The van der Waals surface area contributed by atoms with Crippen molar-refractivity contribution in [2.45, 2.75) is 6.92 Å². The summed E-state index contributed by atoms with van der Waals surface area (Å²) in [6.45, 7) is 1.81. The van der Waals surface area contributed by atoms with Crippen LogP contribution in [-0.2, 0) is 7.05 Å². The van der Waals surface area contributed by atoms with Gasteiger partial charge in [0.25, 0.3) is 0 Å². The number of aromatic nitrogens is 2. The van der Waals surface area contributed by atoms with Crippen molar-refractivity contribution in [2.24, 2.45) is 7.05 Å². The summed E-state index contributed by atoms with van der Waals surface area (Å²) < 4.78 is 15.3. The molecule has 0 radical (unpaired) electrons. The van der Waals surface area contributed by atoms with Gasteiger partial charge in [0.05, 0.1) is 5.69 Å². The van der Waals surface area contributed by atoms with Gasteiger partial charge in [-0.25, -0.2) is 4.39 Å². The largest absolute Gasteiger partial charge is 0.298 e. The van der Waals surface area contributed by atoms with Gasteiger partial charge in [0.1, 0.15) is 12.1 Å². The van der Waals surface area contributed by atoms with Crippen molar-refractivity contribution in [2.75, 3.05) is 0 Å². The summed E-state index contributed by atoms with van der Waals surface area (Å²) in [6.07, 6.45) is 2.44. The van der Waals surface area contributed by atoms with Crippen LogP contribution < -0.4 is 0 Å². The van der Waals surface area contributed by atoms with Crippen LogP contribution in [0.15, 0.2) is 24.4 Å². The number of aldehydes is 1. The Balaban J connectivity index is 2.62. The fourth-order valence-corrected chi connectivity index (χ4v) is 1.69. The van der Waals surface area contributed by atoms with Crippen LogP contribution in [0.2, 0.25) is 0 Å². The first-order chi connectivity index (χ1) is 7.61. The number of carbonyl (C=O) groups is 1. The third kappa shape index (κ3) is 1.74. The second-order valence-corrected chi connectivity index (χ2v) is 3.66. The molecule has 82 valence electrons. The lowest BCUT2D eigenvalue weighted by molar-refractivity contribution is 0.112. The predicted molar refractivity (Wildman–Crippen MR) is 58.7 cm³/mol. The third-order valence-corrected chi connectivity index (χ3v) is 2.43. The fraction of sp³-hybridized carbons (Fsp3) is 0.167. The van der Waals surface area contributed by atoms with E-state index in [4.69, 9.17) is 0 Å². The zero-order chi connectivity index (χ0) is 11.7. The van der Waals surface area contributed by atoms with Crippen molar-refractivity contribution in [3.63, 3.8) is 0 Å². The zero-order valence-corrected chi connectivity index (χ0v) is 9.07. The number of nitrogens with zero attached hydrogens (tertiary/aromatic N) is 2. The average Bonchev–Trinajstić information content (AvgIpc) is 2.58. The van der Waals surface area contributed by atoms with Gasteiger partial charge < -0.3 is 0 Å². The summed E-state index contributed by atoms with van der Waals surface area (Å²) in [5, 5.41) is 4.15. The van der Waals surface area contributed by atoms with E-state index in [1.54, 1.807) is 17.9 Å². The molecule has 3 nitrogen and oxygen atoms in total. The van der Waals surface area contributed by atoms with E-state index >= 15 is 0 Å². The zero-order valence-electron chi connectivity index (χ0n) is 9.07. The van der Waals surface area contributed by atoms with E-state index in [0.717, 1.165) is 5.69 Å². The Labute approximate surface area is 92.5 Å². The molecule has 1 heterocycles. The molecule has 0 aliphatic rings. The lowest BCUT2D eigenvalue weighted by Gasteiger charge is -2.02. The number of benzene rings is 1. The number of carbonyl (C=O) groups excluding carboxylic acids is 1. The molecule has 0 spiro atoms. The topological polar surface area (TPSA) is 34.9 Å². The molecule has 1 aromatic carbocycles. The Hall–Kier alpha value is -1.97. The van der Waals surface area contributed by atoms with Crippen LogP contribution in [-0.4, -0.2) is 16.1 Å². The van der Waals surface area contributed by atoms with Crippen molar-refractivity contribution in [1.82, 2.24) is 9.78 Å². The van der Waals surface area contributed by atoms with Crippen LogP contribution in [0.3, 0.4) is 0 Å². The van der Waals surface area contributed by atoms with E-state index in [1.807, 2.05) is 6.92 Å². The van der Waals surface area contributed by atoms with Crippen molar-refractivity contribution in [3.8, 4) is 11.1 Å². The average molecular weight is 218 g/mol. The standard InChI is InChI=1S/C12H11FN2O/c1-8-11(6-15(2)14-8)10-5-9(7-16)3-4-12(10)13/h3-7H,1-2H3. The molecule has 0 unspecified atom stereocenters. The summed E-state index contributed by atoms with van der Waals surface area (Å²) in [7, 11) is 1.78. The van der Waals surface area contributed by atoms with Crippen LogP contribution in [0.4, 0.5) is 4.39 Å². The molecule has 1 aromatic heterocycles. The third-order valence-electron chi connectivity index (χ3n) is 2.43. The Morgan fingerprint density at radius 3 is 2.69 bits per heavy atom. The van der Waals surface area contributed by atoms with Crippen LogP contribution in [0, 0.1) is 12.7 Å². The van der Waals surface area contributed by atoms with Crippen LogP contribution in [0.5, 0.6) is 0 Å². The van der Waals surface area contributed by atoms with Gasteiger partial charge in [0, 0.05) is 29.9 Å². The predicted octanol–water partition coefficient (Wildman–Crippen LogP) is 2.35. The highest BCUT2D eigenvalue weighted by Crippen LogP contribution is 2.25. The molecule has 0 aliphatic heterocycles. The molecular formula is C12H11FN2O. The Morgan fingerprint density at radius 1 is 1.38 bits per heavy atom. The summed E-state index contributed by atoms with van der Waals surface area (Å²) >= 11 is 0. The van der Waals surface area contributed by atoms with E-state index in [2.05, 4.69) is 5.10 Å². The molecule has 0 aliphatic carbocycles. The fourth-order valence-electron chi connectivity index (χ4n) is 1.69. The second kappa shape index (κ2) is 3.89. The summed E-state index contributed by atoms with van der Waals surface area (Å²) in [5.74, 6) is -0.346. The highest BCUT2D eigenvalue weighted by atomic mass is 19.1. The smallest absolute Gasteiger partial charge is 0.150 e. The van der Waals surface area contributed by atoms with Crippen molar-refractivity contribution in [3.05, 3.63) is 41.5 Å². The SMILES string of the molecule is Cc1nn(C)cc1-c1cc(C=O)ccc1F. The number of hydrogen-bond acceptors (Lipinski definition) is 2. The molecule has 0 saturated carbocycles. The van der Waals surface area contributed by atoms with Gasteiger partial charge in [0.2, 0.25) is 0 Å². The first kappa shape index (κ1) is 10.5. The molecule has 0 N–H and O–H groups in total. The molecule has 0 saturated heterocycles. The lowest BCUT2D eigenvalue weighted by Crippen LogP contribution is -1.88. The maximum Gasteiger partial charge on any atom is 0.150 e. The van der Waals surface area contributed by atoms with Gasteiger partial charge in [-0.2, -0.15) is 5.10 Å². The number of halogens is 1.